The van der Waals surface area contributed by atoms with E-state index >= 15 is 0 Å². The van der Waals surface area contributed by atoms with Crippen molar-refractivity contribution in [2.75, 3.05) is 13.0 Å². The minimum absolute atomic E-state index is 0.133. The van der Waals surface area contributed by atoms with E-state index in [1.54, 1.807) is 7.11 Å². The van der Waals surface area contributed by atoms with Crippen LogP contribution in [0.25, 0.3) is 11.4 Å². The Morgan fingerprint density at radius 3 is 2.44 bits per heavy atom. The van der Waals surface area contributed by atoms with E-state index in [4.69, 9.17) is 10.6 Å². The quantitative estimate of drug-likeness (QED) is 0.625. The molecule has 2 aromatic rings. The lowest BCUT2D eigenvalue weighted by Gasteiger charge is -2.40. The number of nitrogen functional groups attached to an aromatic ring is 1. The Bertz CT molecular complexity index is 782. The van der Waals surface area contributed by atoms with Crippen LogP contribution in [0.4, 0.5) is 0 Å². The monoisotopic (exact) mass is 389 g/mol. The number of benzene rings is 1. The van der Waals surface area contributed by atoms with Gasteiger partial charge in [0.2, 0.25) is 11.1 Å². The number of likely N-dealkylation sites (tertiary alicyclic amines) is 1. The van der Waals surface area contributed by atoms with E-state index in [9.17, 15) is 4.79 Å². The van der Waals surface area contributed by atoms with Gasteiger partial charge in [0.05, 0.1) is 12.4 Å². The maximum Gasteiger partial charge on any atom is 0.236 e. The van der Waals surface area contributed by atoms with E-state index in [1.165, 1.54) is 22.9 Å². The third kappa shape index (κ3) is 4.05. The molecule has 1 aromatic carbocycles. The topological polar surface area (TPSA) is 86.3 Å². The van der Waals surface area contributed by atoms with Crippen LogP contribution < -0.4 is 10.6 Å². The number of ether oxygens (including phenoxy) is 1. The van der Waals surface area contributed by atoms with Crippen molar-refractivity contribution in [3.05, 3.63) is 24.3 Å². The normalized spacial score (nSPS) is 21.1. The number of carbonyl (C=O) groups is 1. The SMILES string of the molecule is COc1ccc(-c2nnc(S[C@H](C)C(=O)N3[C@@H](C)CCC[C@@H]3C)n2N)cc1. The van der Waals surface area contributed by atoms with E-state index in [-0.39, 0.29) is 23.2 Å². The van der Waals surface area contributed by atoms with Crippen molar-refractivity contribution in [2.24, 2.45) is 0 Å². The number of nitrogens with two attached hydrogens (primary N) is 1. The minimum Gasteiger partial charge on any atom is -0.497 e. The molecule has 0 saturated carbocycles. The van der Waals surface area contributed by atoms with Gasteiger partial charge in [-0.3, -0.25) is 4.79 Å². The number of hydrogen-bond acceptors (Lipinski definition) is 6. The summed E-state index contributed by atoms with van der Waals surface area (Å²) in [6.45, 7) is 6.15. The highest BCUT2D eigenvalue weighted by Crippen LogP contribution is 2.30. The Balaban J connectivity index is 1.73. The maximum absolute atomic E-state index is 13.0. The van der Waals surface area contributed by atoms with Gasteiger partial charge in [0, 0.05) is 17.6 Å². The number of methoxy groups -OCH3 is 1. The number of piperidine rings is 1. The molecule has 0 radical (unpaired) electrons. The number of thioether (sulfide) groups is 1. The third-order valence-electron chi connectivity index (χ3n) is 5.09. The number of nitrogens with zero attached hydrogens (tertiary/aromatic N) is 4. The van der Waals surface area contributed by atoms with Crippen molar-refractivity contribution < 1.29 is 9.53 Å². The zero-order valence-electron chi connectivity index (χ0n) is 16.3. The molecular weight excluding hydrogens is 362 g/mol. The van der Waals surface area contributed by atoms with Crippen LogP contribution in [0.15, 0.2) is 29.4 Å². The summed E-state index contributed by atoms with van der Waals surface area (Å²) < 4.78 is 6.62. The molecule has 3 atom stereocenters. The summed E-state index contributed by atoms with van der Waals surface area (Å²) in [6, 6.07) is 8.01. The fourth-order valence-corrected chi connectivity index (χ4v) is 4.40. The summed E-state index contributed by atoms with van der Waals surface area (Å²) in [4.78, 5) is 15.0. The Morgan fingerprint density at radius 2 is 1.85 bits per heavy atom. The molecule has 0 unspecified atom stereocenters. The second kappa shape index (κ2) is 8.21. The molecular formula is C19H27N5O2S. The van der Waals surface area contributed by atoms with Crippen molar-refractivity contribution in [1.82, 2.24) is 19.8 Å². The number of hydrogen-bond donors (Lipinski definition) is 1. The summed E-state index contributed by atoms with van der Waals surface area (Å²) in [5.74, 6) is 7.65. The molecule has 146 valence electrons. The van der Waals surface area contributed by atoms with Gasteiger partial charge in [-0.2, -0.15) is 0 Å². The van der Waals surface area contributed by atoms with Crippen LogP contribution in [0.3, 0.4) is 0 Å². The first-order valence-corrected chi connectivity index (χ1v) is 10.1. The molecule has 2 heterocycles. The Labute approximate surface area is 164 Å². The molecule has 27 heavy (non-hydrogen) atoms. The van der Waals surface area contributed by atoms with Gasteiger partial charge in [0.25, 0.3) is 0 Å². The van der Waals surface area contributed by atoms with Gasteiger partial charge >= 0.3 is 0 Å². The van der Waals surface area contributed by atoms with Crippen LogP contribution in [0.5, 0.6) is 5.75 Å². The van der Waals surface area contributed by atoms with Gasteiger partial charge in [-0.1, -0.05) is 11.8 Å². The van der Waals surface area contributed by atoms with Crippen molar-refractivity contribution in [1.29, 1.82) is 0 Å². The lowest BCUT2D eigenvalue weighted by atomic mass is 9.97. The Hall–Kier alpha value is -2.22. The molecule has 8 heteroatoms. The van der Waals surface area contributed by atoms with Crippen LogP contribution in [-0.2, 0) is 4.79 Å². The van der Waals surface area contributed by atoms with E-state index in [2.05, 4.69) is 24.0 Å². The predicted molar refractivity (Wildman–Crippen MR) is 107 cm³/mol. The van der Waals surface area contributed by atoms with Crippen molar-refractivity contribution in [2.45, 2.75) is 62.5 Å². The van der Waals surface area contributed by atoms with Gasteiger partial charge in [-0.25, -0.2) is 4.68 Å². The highest BCUT2D eigenvalue weighted by atomic mass is 32.2. The molecule has 0 spiro atoms. The van der Waals surface area contributed by atoms with Gasteiger partial charge in [0.1, 0.15) is 5.75 Å². The molecule has 1 saturated heterocycles. The summed E-state index contributed by atoms with van der Waals surface area (Å²) >= 11 is 1.35. The molecule has 0 bridgehead atoms. The van der Waals surface area contributed by atoms with Crippen molar-refractivity contribution in [3.8, 4) is 17.1 Å². The summed E-state index contributed by atoms with van der Waals surface area (Å²) in [5, 5.41) is 8.64. The van der Waals surface area contributed by atoms with Gasteiger partial charge in [-0.05, 0) is 64.3 Å². The standard InChI is InChI=1S/C19H27N5O2S/c1-12-6-5-7-13(2)23(12)18(25)14(3)27-19-22-21-17(24(19)20)15-8-10-16(26-4)11-9-15/h8-14H,5-7,20H2,1-4H3/t12-,13-,14+/m0/s1. The average molecular weight is 390 g/mol. The molecule has 0 aliphatic carbocycles. The van der Waals surface area contributed by atoms with Crippen LogP contribution >= 0.6 is 11.8 Å². The van der Waals surface area contributed by atoms with E-state index in [0.717, 1.165) is 24.2 Å². The maximum atomic E-state index is 13.0. The number of amides is 1. The van der Waals surface area contributed by atoms with Crippen LogP contribution in [-0.4, -0.2) is 50.1 Å². The second-order valence-electron chi connectivity index (χ2n) is 7.04. The molecule has 1 aliphatic rings. The Kier molecular flexibility index (Phi) is 5.94. The molecule has 3 rings (SSSR count). The smallest absolute Gasteiger partial charge is 0.236 e. The first kappa shape index (κ1) is 19.5. The molecule has 7 nitrogen and oxygen atoms in total. The Morgan fingerprint density at radius 1 is 1.22 bits per heavy atom. The van der Waals surface area contributed by atoms with Crippen molar-refractivity contribution in [3.63, 3.8) is 0 Å². The highest BCUT2D eigenvalue weighted by Gasteiger charge is 2.32. The fraction of sp³-hybridized carbons (Fsp3) is 0.526. The summed E-state index contributed by atoms with van der Waals surface area (Å²) in [7, 11) is 1.62. The molecule has 1 fully saturated rings. The number of rotatable bonds is 5. The van der Waals surface area contributed by atoms with Crippen LogP contribution in [0.2, 0.25) is 0 Å². The first-order chi connectivity index (χ1) is 12.9. The van der Waals surface area contributed by atoms with E-state index in [0.29, 0.717) is 11.0 Å². The number of aromatic nitrogens is 3. The molecule has 1 amide bonds. The van der Waals surface area contributed by atoms with Gasteiger partial charge < -0.3 is 15.5 Å². The highest BCUT2D eigenvalue weighted by molar-refractivity contribution is 8.00. The van der Waals surface area contributed by atoms with Gasteiger partial charge in [-0.15, -0.1) is 10.2 Å². The summed E-state index contributed by atoms with van der Waals surface area (Å²) in [5.41, 5.74) is 0.843. The largest absolute Gasteiger partial charge is 0.497 e. The van der Waals surface area contributed by atoms with E-state index < -0.39 is 0 Å². The van der Waals surface area contributed by atoms with Crippen LogP contribution in [0.1, 0.15) is 40.0 Å². The molecule has 1 aromatic heterocycles. The van der Waals surface area contributed by atoms with Gasteiger partial charge in [0.15, 0.2) is 5.82 Å². The second-order valence-corrected chi connectivity index (χ2v) is 8.35. The average Bonchev–Trinajstić information content (AvgIpc) is 3.02. The molecule has 2 N–H and O–H groups in total. The lowest BCUT2D eigenvalue weighted by molar-refractivity contribution is -0.136. The third-order valence-corrected chi connectivity index (χ3v) is 6.14. The fourth-order valence-electron chi connectivity index (χ4n) is 3.57. The summed E-state index contributed by atoms with van der Waals surface area (Å²) in [6.07, 6.45) is 3.29. The minimum atomic E-state index is -0.275. The number of carbonyl (C=O) groups excluding carboxylic acids is 1. The zero-order valence-corrected chi connectivity index (χ0v) is 17.1. The van der Waals surface area contributed by atoms with Crippen molar-refractivity contribution >= 4 is 17.7 Å². The van der Waals surface area contributed by atoms with E-state index in [1.807, 2.05) is 36.1 Å². The molecule has 1 aliphatic heterocycles. The zero-order chi connectivity index (χ0) is 19.6. The van der Waals surface area contributed by atoms with Crippen LogP contribution in [0, 0.1) is 0 Å². The predicted octanol–water partition coefficient (Wildman–Crippen LogP) is 2.94. The first-order valence-electron chi connectivity index (χ1n) is 9.26. The lowest BCUT2D eigenvalue weighted by Crippen LogP contribution is -2.50.